The van der Waals surface area contributed by atoms with E-state index in [1.165, 1.54) is 13.8 Å². The number of carboxylic acid groups (broad SMARTS) is 1. The summed E-state index contributed by atoms with van der Waals surface area (Å²) in [4.78, 5) is 77.2. The van der Waals surface area contributed by atoms with Crippen molar-refractivity contribution in [3.05, 3.63) is 93.0 Å². The number of carbonyl (C=O) groups is 4. The number of aromatic nitrogens is 5. The van der Waals surface area contributed by atoms with Gasteiger partial charge < -0.3 is 29.8 Å². The maximum Gasteiger partial charge on any atom is 0.472 e. The van der Waals surface area contributed by atoms with Crippen molar-refractivity contribution < 1.29 is 109 Å². The molecule has 7 rings (SSSR count). The molecule has 23 nitrogen and oxygen atoms in total. The number of amides is 4. The number of phosphoric ester groups is 1. The minimum absolute atomic E-state index is 0.0675. The zero-order valence-electron chi connectivity index (χ0n) is 45.3. The number of nitrogens with one attached hydrogen (secondary N) is 1. The summed E-state index contributed by atoms with van der Waals surface area (Å²) in [5.74, 6) is -8.78. The second-order valence-electron chi connectivity index (χ2n) is 20.5. The van der Waals surface area contributed by atoms with E-state index in [0.29, 0.717) is 17.2 Å². The number of carboxylic acids is 1. The Labute approximate surface area is 486 Å². The molecular weight excluding hydrogens is 1260 g/mol. The quantitative estimate of drug-likeness (QED) is 0.0286. The normalized spacial score (nSPS) is 17.5. The number of aliphatic carboxylic acids is 1. The number of nitrogens with zero attached hydrogens (tertiary/aromatic N) is 8. The van der Waals surface area contributed by atoms with Crippen molar-refractivity contribution in [2.45, 2.75) is 94.6 Å². The number of likely N-dealkylation sites (tertiary alicyclic amines) is 1. The molecule has 0 bridgehead atoms. The number of alkyl halides is 8. The number of sulfone groups is 1. The average molecular weight is 1310 g/mol. The first-order chi connectivity index (χ1) is 39.4. The van der Waals surface area contributed by atoms with Crippen LogP contribution in [0.1, 0.15) is 80.0 Å². The van der Waals surface area contributed by atoms with Gasteiger partial charge in [-0.1, -0.05) is 37.4 Å². The molecule has 37 heteroatoms. The Hall–Kier alpha value is -7.09. The van der Waals surface area contributed by atoms with Gasteiger partial charge in [-0.2, -0.15) is 49.6 Å². The van der Waals surface area contributed by atoms with E-state index in [9.17, 15) is 80.8 Å². The number of rotatable bonds is 18. The van der Waals surface area contributed by atoms with Crippen LogP contribution in [0.4, 0.5) is 59.3 Å². The van der Waals surface area contributed by atoms with Crippen LogP contribution in [0.5, 0.6) is 0 Å². The van der Waals surface area contributed by atoms with Gasteiger partial charge in [0.25, 0.3) is 5.92 Å². The summed E-state index contributed by atoms with van der Waals surface area (Å²) in [6.45, 7) is -2.75. The zero-order chi connectivity index (χ0) is 64.4. The first-order valence-corrected chi connectivity index (χ1v) is 30.5. The molecule has 4 atom stereocenters. The fraction of sp³-hybridized carbons (Fsp3) is 0.449. The summed E-state index contributed by atoms with van der Waals surface area (Å²) in [5.41, 5.74) is -6.82. The van der Waals surface area contributed by atoms with E-state index in [0.717, 1.165) is 61.4 Å². The highest BCUT2D eigenvalue weighted by Crippen LogP contribution is 2.55. The van der Waals surface area contributed by atoms with Gasteiger partial charge >= 0.3 is 38.3 Å². The van der Waals surface area contributed by atoms with Crippen molar-refractivity contribution in [2.75, 3.05) is 43.2 Å². The van der Waals surface area contributed by atoms with Gasteiger partial charge in [-0.25, -0.2) is 49.3 Å². The molecular formula is C49H49ClF10N9O14PS2. The van der Waals surface area contributed by atoms with Crippen molar-refractivity contribution in [1.82, 2.24) is 39.7 Å². The lowest BCUT2D eigenvalue weighted by molar-refractivity contribution is -0.143. The van der Waals surface area contributed by atoms with Crippen molar-refractivity contribution in [3.63, 3.8) is 0 Å². The summed E-state index contributed by atoms with van der Waals surface area (Å²) in [6, 6.07) is 1.32. The molecule has 4 amide bonds. The van der Waals surface area contributed by atoms with Crippen LogP contribution in [0.2, 0.25) is 5.02 Å². The molecule has 3 aromatic heterocycles. The minimum Gasteiger partial charge on any atom is -0.480 e. The largest absolute Gasteiger partial charge is 0.480 e. The summed E-state index contributed by atoms with van der Waals surface area (Å²) in [5, 5.41) is 17.9. The van der Waals surface area contributed by atoms with E-state index < -0.39 is 205 Å². The number of hydrogen-bond acceptors (Lipinski definition) is 14. The van der Waals surface area contributed by atoms with Gasteiger partial charge in [-0.3, -0.25) is 23.9 Å². The molecule has 86 heavy (non-hydrogen) atoms. The highest BCUT2D eigenvalue weighted by atomic mass is 35.5. The first-order valence-electron chi connectivity index (χ1n) is 24.8. The Morgan fingerprint density at radius 2 is 1.58 bits per heavy atom. The van der Waals surface area contributed by atoms with Crippen molar-refractivity contribution in [2.24, 2.45) is 5.92 Å². The summed E-state index contributed by atoms with van der Waals surface area (Å²) in [7, 11) is -14.3. The number of urea groups is 1. The number of benzene rings is 2. The Bertz CT molecular complexity index is 3890. The fourth-order valence-electron chi connectivity index (χ4n) is 9.42. The summed E-state index contributed by atoms with van der Waals surface area (Å²) >= 11 is 6.73. The maximum absolute atomic E-state index is 15.9. The van der Waals surface area contributed by atoms with Crippen LogP contribution in [0, 0.1) is 29.4 Å². The molecule has 1 aliphatic heterocycles. The predicted octanol–water partition coefficient (Wildman–Crippen LogP) is 7.48. The number of halogens is 11. The Kier molecular flexibility index (Phi) is 18.4. The Morgan fingerprint density at radius 1 is 0.953 bits per heavy atom. The number of fused-ring (bicyclic) bond motifs is 2. The second kappa shape index (κ2) is 23.9. The molecule has 468 valence electrons. The molecule has 2 aliphatic rings. The Morgan fingerprint density at radius 3 is 2.13 bits per heavy atom. The van der Waals surface area contributed by atoms with Crippen LogP contribution < -0.4 is 9.62 Å². The van der Waals surface area contributed by atoms with Crippen LogP contribution in [0.15, 0.2) is 42.5 Å². The number of phosphoric acid groups is 1. The SMILES string of the molecule is C[C@@H]1c2c(C(F)(F)F)nn(CC(=O)N[C@@H](Cc3cc(F)cc(F)c3)c3nc(C#CC(C)(C)S(C)(=O)=O)ccc3-c3ccc(Cl)c4c(N(C(=O)N5CC[C@@H]5CN(CC(=O)O)C(=O)OCOP(=O)(O)O)S(C)(=O)=O)nn(CC(F)(F)F)c34)c2C(F)(F)[C@@H]1C. The lowest BCUT2D eigenvalue weighted by atomic mass is 9.93. The monoisotopic (exact) mass is 1310 g/mol. The number of hydrogen-bond donors (Lipinski definition) is 4. The average Bonchev–Trinajstić information content (AvgIpc) is 1.61. The zero-order valence-corrected chi connectivity index (χ0v) is 48.6. The molecule has 5 aromatic rings. The van der Waals surface area contributed by atoms with Gasteiger partial charge in [0.05, 0.1) is 40.0 Å². The molecule has 0 spiro atoms. The third-order valence-electron chi connectivity index (χ3n) is 14.0. The number of pyridine rings is 1. The fourth-order valence-corrected chi connectivity index (χ4v) is 10.9. The molecule has 4 heterocycles. The van der Waals surface area contributed by atoms with E-state index >= 15 is 8.78 Å². The van der Waals surface area contributed by atoms with Crippen molar-refractivity contribution in [3.8, 4) is 23.0 Å². The molecule has 0 saturated carbocycles. The topological polar surface area (TPSA) is 303 Å². The Balaban J connectivity index is 1.44. The third-order valence-corrected chi connectivity index (χ3v) is 17.7. The predicted molar refractivity (Wildman–Crippen MR) is 281 cm³/mol. The standard InChI is InChI=1S/C49H49ClF10N9O14PS2/c1-24-25(2)48(56,57)42-37(24)41(49(58,59)60)63-67(42)20-35(70)62-34(17-26-15-27(51)18-28(52)16-26)39-31(8-7-29(61-39)11-13-46(3,4)85(5,78)79)32-9-10-33(50)38-40(32)68(22-47(53,54)55)64-43(38)69(86(6,80)81)44(73)66-14-12-30(66)19-65(21-36(71)72)45(74)82-23-83-84(75,76)77/h7-10,15-16,18,24-25,30,34H,12,14,17,19-23H2,1-6H3,(H,62,70)(H,71,72)(H2,75,76,77)/t24-,25+,30+,34-/m0/s1. The molecule has 1 aliphatic carbocycles. The maximum atomic E-state index is 15.9. The van der Waals surface area contributed by atoms with Crippen molar-refractivity contribution in [1.29, 1.82) is 0 Å². The van der Waals surface area contributed by atoms with Crippen LogP contribution >= 0.6 is 19.4 Å². The second-order valence-corrected chi connectivity index (χ2v) is 26.6. The smallest absolute Gasteiger partial charge is 0.472 e. The van der Waals surface area contributed by atoms with E-state index in [-0.39, 0.29) is 37.9 Å². The number of anilines is 1. The first kappa shape index (κ1) is 66.4. The van der Waals surface area contributed by atoms with E-state index in [2.05, 4.69) is 41.6 Å². The van der Waals surface area contributed by atoms with Crippen LogP contribution in [0.3, 0.4) is 0 Å². The third kappa shape index (κ3) is 14.5. The number of sulfonamides is 1. The van der Waals surface area contributed by atoms with E-state index in [4.69, 9.17) is 21.4 Å². The molecule has 1 saturated heterocycles. The lowest BCUT2D eigenvalue weighted by Gasteiger charge is -2.44. The molecule has 4 N–H and O–H groups in total. The van der Waals surface area contributed by atoms with Gasteiger partial charge in [0, 0.05) is 48.0 Å². The highest BCUT2D eigenvalue weighted by molar-refractivity contribution is 7.93. The lowest BCUT2D eigenvalue weighted by Crippen LogP contribution is -2.61. The highest BCUT2D eigenvalue weighted by Gasteiger charge is 2.58. The van der Waals surface area contributed by atoms with Crippen LogP contribution in [0.25, 0.3) is 22.0 Å². The van der Waals surface area contributed by atoms with Gasteiger partial charge in [0.1, 0.15) is 47.4 Å². The van der Waals surface area contributed by atoms with Gasteiger partial charge in [-0.05, 0) is 74.4 Å². The van der Waals surface area contributed by atoms with Crippen LogP contribution in [-0.4, -0.2) is 146 Å². The summed E-state index contributed by atoms with van der Waals surface area (Å²) in [6.07, 6.45) is -11.8. The molecule has 0 unspecified atom stereocenters. The van der Waals surface area contributed by atoms with Gasteiger partial charge in [0.15, 0.2) is 21.3 Å². The number of ether oxygens (including phenoxy) is 1. The number of carbonyl (C=O) groups excluding carboxylic acids is 3. The van der Waals surface area contributed by atoms with E-state index in [1.807, 2.05) is 0 Å². The van der Waals surface area contributed by atoms with Gasteiger partial charge in [0.2, 0.25) is 22.7 Å². The molecule has 1 fully saturated rings. The van der Waals surface area contributed by atoms with E-state index in [1.54, 1.807) is 0 Å². The van der Waals surface area contributed by atoms with Crippen LogP contribution in [-0.2, 0) is 74.9 Å². The minimum atomic E-state index is -5.32. The molecule has 2 aromatic carbocycles. The van der Waals surface area contributed by atoms with Crippen molar-refractivity contribution >= 4 is 80.0 Å². The summed E-state index contributed by atoms with van der Waals surface area (Å²) < 4.78 is 221. The molecule has 0 radical (unpaired) electrons. The van der Waals surface area contributed by atoms with Gasteiger partial charge in [-0.15, -0.1) is 0 Å².